The minimum atomic E-state index is -4.73. The van der Waals surface area contributed by atoms with Gasteiger partial charge in [-0.15, -0.1) is 0 Å². The Kier molecular flexibility index (Phi) is 5.75. The lowest BCUT2D eigenvalue weighted by Gasteiger charge is -2.17. The van der Waals surface area contributed by atoms with Gasteiger partial charge in [-0.25, -0.2) is 9.55 Å². The topological polar surface area (TPSA) is 186 Å². The zero-order valence-electron chi connectivity index (χ0n) is 16.0. The quantitative estimate of drug-likeness (QED) is 0.334. The molecule has 3 atom stereocenters. The molecule has 4 rings (SSSR count). The van der Waals surface area contributed by atoms with Crippen LogP contribution in [-0.4, -0.2) is 53.2 Å². The Morgan fingerprint density at radius 2 is 2.03 bits per heavy atom. The number of benzene rings is 1. The summed E-state index contributed by atoms with van der Waals surface area (Å²) < 4.78 is 22.7. The average Bonchev–Trinajstić information content (AvgIpc) is 3.25. The Balaban J connectivity index is 1.72. The lowest BCUT2D eigenvalue weighted by Crippen LogP contribution is -2.26. The molecule has 1 aromatic carbocycles. The third kappa shape index (κ3) is 4.74. The van der Waals surface area contributed by atoms with Gasteiger partial charge in [0.25, 0.3) is 5.56 Å². The van der Waals surface area contributed by atoms with Gasteiger partial charge in [0.2, 0.25) is 5.95 Å². The minimum Gasteiger partial charge on any atom is -0.390 e. The Bertz CT molecular complexity index is 1220. The molecule has 0 unspecified atom stereocenters. The molecule has 3 aromatic rings. The number of aromatic nitrogens is 4. The zero-order chi connectivity index (χ0) is 22.2. The molecule has 6 N–H and O–H groups in total. The van der Waals surface area contributed by atoms with Crippen molar-refractivity contribution in [1.82, 2.24) is 19.5 Å². The van der Waals surface area contributed by atoms with Gasteiger partial charge >= 0.3 is 7.82 Å². The number of H-pyrrole nitrogens is 1. The molecule has 12 nitrogen and oxygen atoms in total. The fourth-order valence-electron chi connectivity index (χ4n) is 3.35. The number of nitrogens with two attached hydrogens (primary N) is 1. The van der Waals surface area contributed by atoms with Crippen LogP contribution in [0.15, 0.2) is 35.1 Å². The van der Waals surface area contributed by atoms with Crippen molar-refractivity contribution < 1.29 is 28.7 Å². The SMILES string of the molecule is Nc1nc2c(nc(/C=C\c3ccccc3)n2[C@H]2C[C@H](O)[C@@H](COP(=O)(O)O)O2)c(=O)[nH]1. The molecule has 2 aromatic heterocycles. The maximum atomic E-state index is 12.3. The number of hydrogen-bond donors (Lipinski definition) is 5. The summed E-state index contributed by atoms with van der Waals surface area (Å²) in [7, 11) is -4.73. The summed E-state index contributed by atoms with van der Waals surface area (Å²) in [4.78, 5) is 41.0. The Hall–Kier alpha value is -2.86. The zero-order valence-corrected chi connectivity index (χ0v) is 16.9. The normalized spacial score (nSPS) is 22.0. The van der Waals surface area contributed by atoms with Crippen molar-refractivity contribution in [3.63, 3.8) is 0 Å². The van der Waals surface area contributed by atoms with Crippen LogP contribution in [0.2, 0.25) is 0 Å². The van der Waals surface area contributed by atoms with E-state index < -0.39 is 38.4 Å². The van der Waals surface area contributed by atoms with Crippen LogP contribution in [0.3, 0.4) is 0 Å². The van der Waals surface area contributed by atoms with Crippen molar-refractivity contribution in [3.8, 4) is 0 Å². The van der Waals surface area contributed by atoms with E-state index in [1.54, 1.807) is 12.2 Å². The number of aliphatic hydroxyl groups excluding tert-OH is 1. The number of phosphoric ester groups is 1. The van der Waals surface area contributed by atoms with E-state index in [1.807, 2.05) is 30.3 Å². The van der Waals surface area contributed by atoms with E-state index in [4.69, 9.17) is 20.3 Å². The predicted octanol–water partition coefficient (Wildman–Crippen LogP) is 0.630. The van der Waals surface area contributed by atoms with Gasteiger partial charge in [-0.1, -0.05) is 36.4 Å². The summed E-state index contributed by atoms with van der Waals surface area (Å²) in [5.74, 6) is 0.216. The number of fused-ring (bicyclic) bond motifs is 1. The molecule has 13 heteroatoms. The number of nitrogens with zero attached hydrogens (tertiary/aromatic N) is 3. The van der Waals surface area contributed by atoms with E-state index in [9.17, 15) is 14.5 Å². The summed E-state index contributed by atoms with van der Waals surface area (Å²) in [5, 5.41) is 10.3. The molecule has 1 fully saturated rings. The number of ether oxygens (including phenoxy) is 1. The molecule has 0 amide bonds. The van der Waals surface area contributed by atoms with Gasteiger partial charge < -0.3 is 25.4 Å². The Morgan fingerprint density at radius 1 is 1.29 bits per heavy atom. The van der Waals surface area contributed by atoms with Gasteiger partial charge in [0, 0.05) is 6.42 Å². The Morgan fingerprint density at radius 3 is 2.74 bits per heavy atom. The van der Waals surface area contributed by atoms with Crippen molar-refractivity contribution in [2.75, 3.05) is 12.3 Å². The van der Waals surface area contributed by atoms with E-state index in [-0.39, 0.29) is 23.5 Å². The highest BCUT2D eigenvalue weighted by atomic mass is 31.2. The summed E-state index contributed by atoms with van der Waals surface area (Å²) in [6.07, 6.45) is 0.618. The smallest absolute Gasteiger partial charge is 0.390 e. The molecular weight excluding hydrogens is 429 g/mol. The maximum Gasteiger partial charge on any atom is 0.469 e. The van der Waals surface area contributed by atoms with Crippen molar-refractivity contribution in [2.24, 2.45) is 0 Å². The molecule has 3 heterocycles. The number of nitrogens with one attached hydrogen (secondary N) is 1. The molecule has 0 aliphatic carbocycles. The monoisotopic (exact) mass is 449 g/mol. The molecular formula is C18H20N5O7P. The van der Waals surface area contributed by atoms with Crippen LogP contribution in [0.5, 0.6) is 0 Å². The summed E-state index contributed by atoms with van der Waals surface area (Å²) in [5.41, 5.74) is 6.25. The fraction of sp³-hybridized carbons (Fsp3) is 0.278. The number of aliphatic hydroxyl groups is 1. The van der Waals surface area contributed by atoms with E-state index in [1.165, 1.54) is 4.57 Å². The van der Waals surface area contributed by atoms with Crippen molar-refractivity contribution in [1.29, 1.82) is 0 Å². The summed E-state index contributed by atoms with van der Waals surface area (Å²) in [6.45, 7) is -0.514. The molecule has 0 saturated carbocycles. The van der Waals surface area contributed by atoms with E-state index in [0.29, 0.717) is 5.82 Å². The third-order valence-electron chi connectivity index (χ3n) is 4.72. The second-order valence-electron chi connectivity index (χ2n) is 6.93. The highest BCUT2D eigenvalue weighted by Crippen LogP contribution is 2.39. The number of nitrogen functional groups attached to an aromatic ring is 1. The maximum absolute atomic E-state index is 12.3. The van der Waals surface area contributed by atoms with Crippen LogP contribution < -0.4 is 11.3 Å². The first-order valence-electron chi connectivity index (χ1n) is 9.26. The number of hydrogen-bond acceptors (Lipinski definition) is 8. The van der Waals surface area contributed by atoms with Gasteiger partial charge in [0.15, 0.2) is 11.2 Å². The van der Waals surface area contributed by atoms with Gasteiger partial charge in [-0.05, 0) is 11.6 Å². The largest absolute Gasteiger partial charge is 0.469 e. The molecule has 31 heavy (non-hydrogen) atoms. The van der Waals surface area contributed by atoms with Crippen molar-refractivity contribution >= 4 is 37.1 Å². The van der Waals surface area contributed by atoms with Gasteiger partial charge in [-0.3, -0.25) is 18.9 Å². The number of aromatic amines is 1. The average molecular weight is 449 g/mol. The molecule has 0 radical (unpaired) electrons. The summed E-state index contributed by atoms with van der Waals surface area (Å²) >= 11 is 0. The number of rotatable bonds is 6. The summed E-state index contributed by atoms with van der Waals surface area (Å²) in [6, 6.07) is 9.40. The lowest BCUT2D eigenvalue weighted by molar-refractivity contribution is -0.0426. The van der Waals surface area contributed by atoms with Gasteiger partial charge in [-0.2, -0.15) is 4.98 Å². The van der Waals surface area contributed by atoms with E-state index in [0.717, 1.165) is 5.56 Å². The minimum absolute atomic E-state index is 0.0370. The van der Waals surface area contributed by atoms with Crippen LogP contribution in [0.4, 0.5) is 5.95 Å². The van der Waals surface area contributed by atoms with Crippen LogP contribution in [0.25, 0.3) is 23.3 Å². The van der Waals surface area contributed by atoms with Crippen LogP contribution in [0.1, 0.15) is 24.0 Å². The second-order valence-corrected chi connectivity index (χ2v) is 8.17. The van der Waals surface area contributed by atoms with Gasteiger partial charge in [0.05, 0.1) is 12.7 Å². The lowest BCUT2D eigenvalue weighted by atomic mass is 10.2. The molecule has 1 aliphatic rings. The van der Waals surface area contributed by atoms with E-state index in [2.05, 4.69) is 19.5 Å². The first-order chi connectivity index (χ1) is 14.7. The fourth-order valence-corrected chi connectivity index (χ4v) is 3.69. The van der Waals surface area contributed by atoms with E-state index >= 15 is 0 Å². The molecule has 1 saturated heterocycles. The van der Waals surface area contributed by atoms with Crippen molar-refractivity contribution in [3.05, 3.63) is 52.1 Å². The molecule has 1 aliphatic heterocycles. The standard InChI is InChI=1S/C18H20N5O7P/c19-18-21-16-15(17(25)22-18)20-13(7-6-10-4-2-1-3-5-10)23(16)14-8-11(24)12(30-14)9-29-31(26,27)28/h1-7,11-12,14,24H,8-9H2,(H2,26,27,28)(H3,19,21,22,25)/b7-6-/t11-,12+,14+/m0/s1. The molecule has 0 bridgehead atoms. The Labute approximate surface area is 175 Å². The van der Waals surface area contributed by atoms with Crippen LogP contribution >= 0.6 is 7.82 Å². The molecule has 164 valence electrons. The number of imidazole rings is 1. The first-order valence-corrected chi connectivity index (χ1v) is 10.8. The van der Waals surface area contributed by atoms with Gasteiger partial charge in [0.1, 0.15) is 18.2 Å². The third-order valence-corrected chi connectivity index (χ3v) is 5.21. The highest BCUT2D eigenvalue weighted by Gasteiger charge is 2.38. The van der Waals surface area contributed by atoms with Crippen LogP contribution in [0, 0.1) is 0 Å². The van der Waals surface area contributed by atoms with Crippen LogP contribution in [-0.2, 0) is 13.8 Å². The number of phosphoric acid groups is 1. The molecule has 0 spiro atoms. The van der Waals surface area contributed by atoms with Crippen molar-refractivity contribution in [2.45, 2.75) is 24.9 Å². The second kappa shape index (κ2) is 8.35. The first kappa shape index (κ1) is 21.4. The highest BCUT2D eigenvalue weighted by molar-refractivity contribution is 7.46. The predicted molar refractivity (Wildman–Crippen MR) is 110 cm³/mol. The number of anilines is 1.